The highest BCUT2D eigenvalue weighted by Crippen LogP contribution is 2.24. The first-order valence-electron chi connectivity index (χ1n) is 6.02. The van der Waals surface area contributed by atoms with Gasteiger partial charge in [0.25, 0.3) is 5.91 Å². The molecule has 2 aromatic carbocycles. The molecule has 0 fully saturated rings. The second-order valence-electron chi connectivity index (χ2n) is 4.53. The van der Waals surface area contributed by atoms with Gasteiger partial charge in [-0.1, -0.05) is 23.7 Å². The fourth-order valence-electron chi connectivity index (χ4n) is 1.82. The van der Waals surface area contributed by atoms with Gasteiger partial charge in [-0.15, -0.1) is 0 Å². The van der Waals surface area contributed by atoms with Crippen LogP contribution >= 0.6 is 27.5 Å². The average molecular weight is 354 g/mol. The zero-order valence-corrected chi connectivity index (χ0v) is 13.3. The van der Waals surface area contributed by atoms with Crippen molar-refractivity contribution >= 4 is 39.1 Å². The van der Waals surface area contributed by atoms with Crippen molar-refractivity contribution < 1.29 is 4.79 Å². The van der Waals surface area contributed by atoms with Crippen molar-refractivity contribution in [3.05, 3.63) is 63.1 Å². The lowest BCUT2D eigenvalue weighted by Crippen LogP contribution is -2.26. The summed E-state index contributed by atoms with van der Waals surface area (Å²) in [4.78, 5) is 14.0. The summed E-state index contributed by atoms with van der Waals surface area (Å²) in [7, 11) is 1.77. The topological polar surface area (TPSA) is 46.3 Å². The zero-order valence-electron chi connectivity index (χ0n) is 10.9. The summed E-state index contributed by atoms with van der Waals surface area (Å²) in [5, 5.41) is 0.586. The fourth-order valence-corrected chi connectivity index (χ4v) is 2.31. The number of nitrogens with zero attached hydrogens (tertiary/aromatic N) is 1. The average Bonchev–Trinajstić information content (AvgIpc) is 2.43. The number of carbonyl (C=O) groups is 1. The molecule has 0 saturated carbocycles. The van der Waals surface area contributed by atoms with E-state index in [0.29, 0.717) is 27.3 Å². The van der Waals surface area contributed by atoms with E-state index in [1.54, 1.807) is 30.1 Å². The van der Waals surface area contributed by atoms with Crippen molar-refractivity contribution in [2.24, 2.45) is 0 Å². The van der Waals surface area contributed by atoms with Gasteiger partial charge in [0.1, 0.15) is 0 Å². The lowest BCUT2D eigenvalue weighted by molar-refractivity contribution is 0.0785. The third-order valence-electron chi connectivity index (χ3n) is 2.91. The highest BCUT2D eigenvalue weighted by atomic mass is 79.9. The molecule has 0 aliphatic heterocycles. The number of nitrogens with two attached hydrogens (primary N) is 1. The predicted octanol–water partition coefficient (Wildman–Crippen LogP) is 3.96. The molecular weight excluding hydrogens is 340 g/mol. The molecule has 104 valence electrons. The van der Waals surface area contributed by atoms with Gasteiger partial charge in [-0.25, -0.2) is 0 Å². The number of nitrogen functional groups attached to an aromatic ring is 1. The van der Waals surface area contributed by atoms with E-state index >= 15 is 0 Å². The van der Waals surface area contributed by atoms with Crippen molar-refractivity contribution in [1.29, 1.82) is 0 Å². The highest BCUT2D eigenvalue weighted by Gasteiger charge is 2.13. The van der Waals surface area contributed by atoms with Crippen LogP contribution in [0.25, 0.3) is 0 Å². The molecule has 0 heterocycles. The molecule has 0 bridgehead atoms. The van der Waals surface area contributed by atoms with E-state index in [4.69, 9.17) is 17.3 Å². The Morgan fingerprint density at radius 1 is 1.25 bits per heavy atom. The Labute approximate surface area is 131 Å². The minimum Gasteiger partial charge on any atom is -0.399 e. The van der Waals surface area contributed by atoms with Gasteiger partial charge in [0.2, 0.25) is 0 Å². The summed E-state index contributed by atoms with van der Waals surface area (Å²) in [6, 6.07) is 12.6. The smallest absolute Gasteiger partial charge is 0.253 e. The van der Waals surface area contributed by atoms with E-state index in [1.165, 1.54) is 0 Å². The maximum Gasteiger partial charge on any atom is 0.253 e. The molecule has 0 spiro atoms. The molecule has 0 atom stereocenters. The number of anilines is 1. The van der Waals surface area contributed by atoms with Crippen LogP contribution in [0.5, 0.6) is 0 Å². The molecule has 0 aliphatic rings. The Morgan fingerprint density at radius 3 is 2.50 bits per heavy atom. The molecule has 0 aliphatic carbocycles. The second-order valence-corrected chi connectivity index (χ2v) is 5.79. The van der Waals surface area contributed by atoms with E-state index in [0.717, 1.165) is 5.56 Å². The maximum absolute atomic E-state index is 12.3. The first-order chi connectivity index (χ1) is 9.47. The molecule has 20 heavy (non-hydrogen) atoms. The summed E-state index contributed by atoms with van der Waals surface area (Å²) in [6.45, 7) is 0.527. The normalized spacial score (nSPS) is 10.3. The van der Waals surface area contributed by atoms with Crippen molar-refractivity contribution in [2.45, 2.75) is 6.54 Å². The number of hydrogen-bond donors (Lipinski definition) is 1. The summed E-state index contributed by atoms with van der Waals surface area (Å²) in [6.07, 6.45) is 0. The first kappa shape index (κ1) is 14.9. The molecule has 0 radical (unpaired) electrons. The predicted molar refractivity (Wildman–Crippen MR) is 85.8 cm³/mol. The number of carbonyl (C=O) groups excluding carboxylic acids is 1. The van der Waals surface area contributed by atoms with Crippen LogP contribution in [0, 0.1) is 0 Å². The van der Waals surface area contributed by atoms with Gasteiger partial charge in [-0.2, -0.15) is 0 Å². The fraction of sp³-hybridized carbons (Fsp3) is 0.133. The van der Waals surface area contributed by atoms with Crippen molar-refractivity contribution in [3.8, 4) is 0 Å². The molecule has 0 saturated heterocycles. The van der Waals surface area contributed by atoms with E-state index in [9.17, 15) is 4.79 Å². The summed E-state index contributed by atoms with van der Waals surface area (Å²) < 4.78 is 0.714. The second kappa shape index (κ2) is 6.29. The van der Waals surface area contributed by atoms with Crippen molar-refractivity contribution in [3.63, 3.8) is 0 Å². The van der Waals surface area contributed by atoms with Gasteiger partial charge in [-0.3, -0.25) is 4.79 Å². The molecular formula is C15H14BrClN2O. The molecule has 5 heteroatoms. The Kier molecular flexibility index (Phi) is 4.68. The molecule has 2 rings (SSSR count). The molecule has 0 unspecified atom stereocenters. The Hall–Kier alpha value is -1.52. The van der Waals surface area contributed by atoms with E-state index in [2.05, 4.69) is 15.9 Å². The minimum absolute atomic E-state index is 0.0563. The van der Waals surface area contributed by atoms with Crippen LogP contribution in [0.4, 0.5) is 5.69 Å². The van der Waals surface area contributed by atoms with Gasteiger partial charge >= 0.3 is 0 Å². The third kappa shape index (κ3) is 3.52. The number of rotatable bonds is 3. The number of amides is 1. The van der Waals surface area contributed by atoms with Crippen LogP contribution in [0.2, 0.25) is 5.02 Å². The molecule has 2 N–H and O–H groups in total. The van der Waals surface area contributed by atoms with Crippen LogP contribution in [-0.4, -0.2) is 17.9 Å². The van der Waals surface area contributed by atoms with Crippen LogP contribution in [0.15, 0.2) is 46.9 Å². The van der Waals surface area contributed by atoms with E-state index in [1.807, 2.05) is 24.3 Å². The lowest BCUT2D eigenvalue weighted by atomic mass is 10.1. The van der Waals surface area contributed by atoms with E-state index < -0.39 is 0 Å². The molecule has 3 nitrogen and oxygen atoms in total. The van der Waals surface area contributed by atoms with Gasteiger partial charge in [0.05, 0.1) is 5.02 Å². The maximum atomic E-state index is 12.3. The number of hydrogen-bond acceptors (Lipinski definition) is 2. The molecule has 1 amide bonds. The summed E-state index contributed by atoms with van der Waals surface area (Å²) >= 11 is 9.25. The first-order valence-corrected chi connectivity index (χ1v) is 7.19. The monoisotopic (exact) mass is 352 g/mol. The molecule has 2 aromatic rings. The van der Waals surface area contributed by atoms with Crippen LogP contribution in [0.1, 0.15) is 15.9 Å². The highest BCUT2D eigenvalue weighted by molar-refractivity contribution is 9.10. The van der Waals surface area contributed by atoms with Crippen LogP contribution < -0.4 is 5.73 Å². The largest absolute Gasteiger partial charge is 0.399 e. The standard InChI is InChI=1S/C15H14BrClN2O/c1-19(9-10-2-5-12(18)6-3-10)15(20)11-4-7-14(17)13(16)8-11/h2-8H,9,18H2,1H3. The van der Waals surface area contributed by atoms with Crippen LogP contribution in [-0.2, 0) is 6.54 Å². The van der Waals surface area contributed by atoms with Crippen LogP contribution in [0.3, 0.4) is 0 Å². The summed E-state index contributed by atoms with van der Waals surface area (Å²) in [5.74, 6) is -0.0563. The Balaban J connectivity index is 2.11. The van der Waals surface area contributed by atoms with Gasteiger partial charge in [0, 0.05) is 29.3 Å². The zero-order chi connectivity index (χ0) is 14.7. The van der Waals surface area contributed by atoms with Crippen molar-refractivity contribution in [2.75, 3.05) is 12.8 Å². The lowest BCUT2D eigenvalue weighted by Gasteiger charge is -2.17. The SMILES string of the molecule is CN(Cc1ccc(N)cc1)C(=O)c1ccc(Cl)c(Br)c1. The Bertz CT molecular complexity index is 628. The van der Waals surface area contributed by atoms with Gasteiger partial charge in [0.15, 0.2) is 0 Å². The summed E-state index contributed by atoms with van der Waals surface area (Å²) in [5.41, 5.74) is 7.98. The number of halogens is 2. The number of benzene rings is 2. The van der Waals surface area contributed by atoms with Gasteiger partial charge in [-0.05, 0) is 51.8 Å². The van der Waals surface area contributed by atoms with E-state index in [-0.39, 0.29) is 5.91 Å². The minimum atomic E-state index is -0.0563. The molecule has 0 aromatic heterocycles. The Morgan fingerprint density at radius 2 is 1.90 bits per heavy atom. The van der Waals surface area contributed by atoms with Crippen molar-refractivity contribution in [1.82, 2.24) is 4.90 Å². The quantitative estimate of drug-likeness (QED) is 0.849. The third-order valence-corrected chi connectivity index (χ3v) is 4.13. The van der Waals surface area contributed by atoms with Gasteiger partial charge < -0.3 is 10.6 Å².